The first-order valence-corrected chi connectivity index (χ1v) is 37.7. The Kier molecular flexibility index (Phi) is 34.1. The molecule has 0 unspecified atom stereocenters. The number of nitrogens with one attached hydrogen (secondary N) is 16. The van der Waals surface area contributed by atoms with E-state index in [1.165, 1.54) is 26.4 Å². The number of aliphatic hydroxyl groups is 1. The van der Waals surface area contributed by atoms with Gasteiger partial charge in [-0.25, -0.2) is 4.98 Å². The Morgan fingerprint density at radius 1 is 0.591 bits per heavy atom. The second-order valence-corrected chi connectivity index (χ2v) is 29.6. The van der Waals surface area contributed by atoms with Crippen LogP contribution in [0.1, 0.15) is 124 Å². The van der Waals surface area contributed by atoms with Crippen LogP contribution in [0, 0.1) is 17.8 Å². The highest BCUT2D eigenvalue weighted by Crippen LogP contribution is 2.23. The summed E-state index contributed by atoms with van der Waals surface area (Å²) in [6.45, 7) is 13.5. The van der Waals surface area contributed by atoms with Crippen molar-refractivity contribution in [2.75, 3.05) is 24.6 Å². The molecule has 0 aliphatic carbocycles. The number of carboxylic acid groups (broad SMARTS) is 2. The molecule has 6 rings (SSSR count). The molecule has 1 fully saturated rings. The Hall–Kier alpha value is -11.0. The zero-order valence-electron chi connectivity index (χ0n) is 63.0. The molecule has 3 aromatic heterocycles. The molecule has 0 saturated carbocycles. The number of fused-ring (bicyclic) bond motifs is 2. The molecule has 110 heavy (non-hydrogen) atoms. The zero-order valence-corrected chi connectivity index (χ0v) is 63.8. The van der Waals surface area contributed by atoms with E-state index in [9.17, 15) is 82.4 Å². The van der Waals surface area contributed by atoms with Gasteiger partial charge in [-0.15, -0.1) is 0 Å². The molecule has 37 heteroatoms. The Morgan fingerprint density at radius 3 is 1.64 bits per heavy atom. The van der Waals surface area contributed by atoms with Gasteiger partial charge in [0, 0.05) is 71.8 Å². The van der Waals surface area contributed by atoms with Crippen molar-refractivity contribution in [3.63, 3.8) is 0 Å². The van der Waals surface area contributed by atoms with Gasteiger partial charge in [-0.05, 0) is 105 Å². The summed E-state index contributed by atoms with van der Waals surface area (Å²) < 4.78 is 0. The fraction of sp³-hybridized carbons (Fsp3) is 0.534. The lowest BCUT2D eigenvalue weighted by molar-refractivity contribution is -0.140. The quantitative estimate of drug-likeness (QED) is 0.0328. The predicted octanol–water partition coefficient (Wildman–Crippen LogP) is -1.67. The average molecular weight is 1550 g/mol. The number of aliphatic hydroxyl groups excluding tert-OH is 1. The molecule has 13 amide bonds. The number of carboxylic acids is 2. The van der Waals surface area contributed by atoms with Crippen LogP contribution in [-0.4, -0.2) is 227 Å². The van der Waals surface area contributed by atoms with Crippen molar-refractivity contribution < 1.29 is 87.2 Å². The molecule has 0 radical (unpaired) electrons. The van der Waals surface area contributed by atoms with Crippen LogP contribution in [-0.2, 0) is 91.2 Å². The van der Waals surface area contributed by atoms with Gasteiger partial charge >= 0.3 is 11.9 Å². The Labute approximate surface area is 639 Å². The summed E-state index contributed by atoms with van der Waals surface area (Å²) in [4.78, 5) is 224. The van der Waals surface area contributed by atoms with Crippen molar-refractivity contribution in [2.45, 2.75) is 205 Å². The summed E-state index contributed by atoms with van der Waals surface area (Å²) >= 11 is 1.09. The number of imidazole rings is 1. The normalized spacial score (nSPS) is 23.0. The molecule has 1 aliphatic rings. The molecule has 1 saturated heterocycles. The molecule has 21 N–H and O–H groups in total. The van der Waals surface area contributed by atoms with E-state index >= 15 is 4.79 Å². The van der Waals surface area contributed by atoms with Crippen molar-refractivity contribution in [1.29, 1.82) is 0 Å². The van der Waals surface area contributed by atoms with Gasteiger partial charge in [-0.3, -0.25) is 71.9 Å². The molecule has 36 nitrogen and oxygen atoms in total. The average Bonchev–Trinajstić information content (AvgIpc) is 1.65. The van der Waals surface area contributed by atoms with Gasteiger partial charge in [-0.2, -0.15) is 11.8 Å². The Bertz CT molecular complexity index is 4050. The van der Waals surface area contributed by atoms with Crippen molar-refractivity contribution in [3.8, 4) is 0 Å². The molecular formula is C73H104N18O18S. The molecule has 13 atom stereocenters. The number of para-hydroxylation sites is 2. The minimum Gasteiger partial charge on any atom is -0.481 e. The summed E-state index contributed by atoms with van der Waals surface area (Å²) in [6, 6.07) is -4.12. The van der Waals surface area contributed by atoms with Crippen molar-refractivity contribution in [2.24, 2.45) is 23.5 Å². The van der Waals surface area contributed by atoms with Gasteiger partial charge in [0.25, 0.3) is 0 Å². The first kappa shape index (κ1) is 88.0. The number of thioether (sulfide) groups is 1. The minimum atomic E-state index is -1.68. The van der Waals surface area contributed by atoms with Gasteiger partial charge in [0.2, 0.25) is 76.8 Å². The summed E-state index contributed by atoms with van der Waals surface area (Å²) in [7, 11) is 0. The maximum atomic E-state index is 15.1. The zero-order chi connectivity index (χ0) is 81.1. The van der Waals surface area contributed by atoms with Crippen molar-refractivity contribution in [1.82, 2.24) is 89.1 Å². The predicted molar refractivity (Wildman–Crippen MR) is 404 cm³/mol. The number of aromatic amines is 3. The van der Waals surface area contributed by atoms with Gasteiger partial charge in [0.1, 0.15) is 66.5 Å². The maximum absolute atomic E-state index is 15.1. The van der Waals surface area contributed by atoms with Crippen LogP contribution in [0.25, 0.3) is 21.8 Å². The second-order valence-electron chi connectivity index (χ2n) is 28.4. The number of nitrogens with zero attached hydrogens (tertiary/aromatic N) is 1. The fourth-order valence-electron chi connectivity index (χ4n) is 12.3. The third kappa shape index (κ3) is 27.3. The van der Waals surface area contributed by atoms with Crippen LogP contribution in [0.3, 0.4) is 0 Å². The SMILES string of the molecule is CCN[C@@H](CC(=O)O)C(=O)N[C@H]1CCSCC[C@@H](C(=O)N[C@H](C(N)=O)[C@@H](C)O)NC(=O)[C@H](Cc2c[nH]c3ccccc23)NC(=O)[C@H](C(C)C)NC(=O)[C@H](CC(C)C)NC(=O)[C@H](CCC(=O)O)NC(=O)CNC(=O)[C@H](CC(C)C)NC(=O)[C@H](Cc2cnc[nH]2)NC(=O)[C@H](Cc2c[nH]c3ccccc23)NC(=O)[C@H](C)NC1=O. The number of likely N-dealkylation sites (N-methyl/N-ethyl adjacent to an activating group) is 1. The Balaban J connectivity index is 1.43. The van der Waals surface area contributed by atoms with Crippen molar-refractivity contribution in [3.05, 3.63) is 90.3 Å². The lowest BCUT2D eigenvalue weighted by Crippen LogP contribution is -2.61. The fourth-order valence-corrected chi connectivity index (χ4v) is 13.3. The van der Waals surface area contributed by atoms with E-state index in [2.05, 4.69) is 89.1 Å². The molecule has 0 bridgehead atoms. The molecule has 600 valence electrons. The summed E-state index contributed by atoms with van der Waals surface area (Å²) in [5.41, 5.74) is 8.29. The third-order valence-corrected chi connectivity index (χ3v) is 19.1. The van der Waals surface area contributed by atoms with Crippen LogP contribution in [0.2, 0.25) is 0 Å². The van der Waals surface area contributed by atoms with E-state index in [-0.39, 0.29) is 74.8 Å². The first-order chi connectivity index (χ1) is 52.1. The van der Waals surface area contributed by atoms with Gasteiger partial charge in [-0.1, -0.05) is 84.9 Å². The number of hydrogen-bond acceptors (Lipinski definition) is 19. The van der Waals surface area contributed by atoms with E-state index in [1.807, 2.05) is 0 Å². The molecule has 0 spiro atoms. The lowest BCUT2D eigenvalue weighted by Gasteiger charge is -2.29. The first-order valence-electron chi connectivity index (χ1n) is 36.5. The van der Waals surface area contributed by atoms with Gasteiger partial charge in [0.15, 0.2) is 0 Å². The lowest BCUT2D eigenvalue weighted by atomic mass is 9.98. The van der Waals surface area contributed by atoms with Crippen molar-refractivity contribution >= 4 is 122 Å². The second kappa shape index (κ2) is 42.7. The molecule has 4 heterocycles. The molecule has 2 aromatic carbocycles. The number of carbonyl (C=O) groups is 15. The maximum Gasteiger partial charge on any atom is 0.305 e. The number of aliphatic carboxylic acids is 2. The highest BCUT2D eigenvalue weighted by atomic mass is 32.2. The third-order valence-electron chi connectivity index (χ3n) is 18.1. The van der Waals surface area contributed by atoms with Crippen LogP contribution in [0.15, 0.2) is 73.4 Å². The highest BCUT2D eigenvalue weighted by Gasteiger charge is 2.38. The monoisotopic (exact) mass is 1550 g/mol. The van der Waals surface area contributed by atoms with E-state index in [0.29, 0.717) is 38.6 Å². The number of rotatable bonds is 24. The molecular weight excluding hydrogens is 1450 g/mol. The summed E-state index contributed by atoms with van der Waals surface area (Å²) in [6.07, 6.45) is 1.15. The number of aromatic nitrogens is 4. The minimum absolute atomic E-state index is 0.0300. The topological polar surface area (TPSA) is 559 Å². The number of H-pyrrole nitrogens is 3. The van der Waals surface area contributed by atoms with Crippen LogP contribution < -0.4 is 74.9 Å². The van der Waals surface area contributed by atoms with Crippen LogP contribution >= 0.6 is 11.8 Å². The van der Waals surface area contributed by atoms with Crippen LogP contribution in [0.4, 0.5) is 0 Å². The number of amides is 13. The number of nitrogens with two attached hydrogens (primary N) is 1. The van der Waals surface area contributed by atoms with E-state index < -0.39 is 199 Å². The Morgan fingerprint density at radius 2 is 1.11 bits per heavy atom. The van der Waals surface area contributed by atoms with E-state index in [4.69, 9.17) is 5.73 Å². The standard InChI is InChI=1S/C73H104N18O18S/c1-10-76-51(30-59(96)97)68(104)83-49-21-23-110-24-22-50(67(103)91-61(40(9)92)62(74)98)84-69(105)55(28-42-32-78-47-18-14-12-16-45(42)47)89-73(109)60(38(6)7)90-72(108)53(26-37(4)5)87-66(102)48(19-20-58(94)95)82-57(93)34-79-64(100)52(25-36(2)3)86-71(107)56(29-43-33-75-35-80-43)88-70(106)54(85-63(99)39(8)81-65(49)101)27-41-31-77-46-17-13-11-15-44(41)46/h11-18,31-33,35-40,48-56,60-61,76-78,92H,10,19-30,34H2,1-9H3,(H2,74,98)(H,75,80)(H,79,100)(H,81,101)(H,82,93)(H,83,104)(H,84,105)(H,85,99)(H,86,107)(H,87,102)(H,88,106)(H,89,109)(H,90,108)(H,91,103)(H,94,95)(H,96,97)/t39-,40+,48-,49-,50-,51-,52-,53-,54-,55-,56-,60-,61-/m0/s1. The number of hydrogen-bond donors (Lipinski definition) is 20. The number of benzene rings is 2. The molecule has 5 aromatic rings. The van der Waals surface area contributed by atoms with Gasteiger partial charge in [0.05, 0.1) is 31.4 Å². The van der Waals surface area contributed by atoms with Gasteiger partial charge < -0.3 is 105 Å². The number of carbonyl (C=O) groups excluding carboxylic acids is 13. The largest absolute Gasteiger partial charge is 0.481 e. The van der Waals surface area contributed by atoms with Crippen LogP contribution in [0.5, 0.6) is 0 Å². The smallest absolute Gasteiger partial charge is 0.305 e. The molecule has 1 aliphatic heterocycles. The number of primary amides is 1. The van der Waals surface area contributed by atoms with E-state index in [1.54, 1.807) is 109 Å². The summed E-state index contributed by atoms with van der Waals surface area (Å²) in [5.74, 6) is -16.7. The van der Waals surface area contributed by atoms with E-state index in [0.717, 1.165) is 11.8 Å². The summed E-state index contributed by atoms with van der Waals surface area (Å²) in [5, 5.41) is 65.4. The highest BCUT2D eigenvalue weighted by molar-refractivity contribution is 7.99.